The minimum Gasteiger partial charge on any atom is -0.480 e. The van der Waals surface area contributed by atoms with E-state index < -0.39 is 17.4 Å². The van der Waals surface area contributed by atoms with Gasteiger partial charge in [0, 0.05) is 36.3 Å². The summed E-state index contributed by atoms with van der Waals surface area (Å²) in [6.07, 6.45) is 5.34. The first-order valence-corrected chi connectivity index (χ1v) is 10.4. The molecule has 0 saturated carbocycles. The number of hydrogen-bond donors (Lipinski definition) is 2. The van der Waals surface area contributed by atoms with Gasteiger partial charge in [-0.05, 0) is 59.0 Å². The highest BCUT2D eigenvalue weighted by Gasteiger charge is 2.30. The first kappa shape index (κ1) is 21.6. The number of halogens is 1. The fourth-order valence-corrected chi connectivity index (χ4v) is 3.79. The summed E-state index contributed by atoms with van der Waals surface area (Å²) in [5, 5.41) is 17.5. The highest BCUT2D eigenvalue weighted by molar-refractivity contribution is 5.92. The van der Waals surface area contributed by atoms with Crippen molar-refractivity contribution in [2.24, 2.45) is 5.41 Å². The molecule has 2 N–H and O–H groups in total. The zero-order valence-corrected chi connectivity index (χ0v) is 18.2. The van der Waals surface area contributed by atoms with Crippen LogP contribution in [0.3, 0.4) is 0 Å². The van der Waals surface area contributed by atoms with E-state index in [2.05, 4.69) is 10.3 Å². The van der Waals surface area contributed by atoms with E-state index in [0.717, 1.165) is 33.5 Å². The van der Waals surface area contributed by atoms with Crippen LogP contribution in [0.5, 0.6) is 0 Å². The van der Waals surface area contributed by atoms with Crippen molar-refractivity contribution >= 4 is 11.5 Å². The maximum absolute atomic E-state index is 13.5. The molecule has 0 fully saturated rings. The van der Waals surface area contributed by atoms with Gasteiger partial charge in [0.1, 0.15) is 17.6 Å². The molecule has 3 aromatic heterocycles. The van der Waals surface area contributed by atoms with E-state index in [-0.39, 0.29) is 5.82 Å². The van der Waals surface area contributed by atoms with E-state index in [1.54, 1.807) is 29.0 Å². The number of carbonyl (C=O) groups is 1. The van der Waals surface area contributed by atoms with Crippen LogP contribution in [0.15, 0.2) is 67.1 Å². The number of hydrogen-bond acceptors (Lipinski definition) is 4. The molecule has 0 amide bonds. The highest BCUT2D eigenvalue weighted by atomic mass is 19.1. The van der Waals surface area contributed by atoms with E-state index in [4.69, 9.17) is 5.10 Å². The number of carboxylic acids is 1. The predicted octanol–water partition coefficient (Wildman–Crippen LogP) is 4.79. The Balaban J connectivity index is 1.76. The number of aliphatic carboxylic acids is 1. The van der Waals surface area contributed by atoms with Gasteiger partial charge >= 0.3 is 5.97 Å². The van der Waals surface area contributed by atoms with Crippen molar-refractivity contribution in [3.05, 3.63) is 78.5 Å². The van der Waals surface area contributed by atoms with E-state index in [1.165, 1.54) is 12.1 Å². The normalized spacial score (nSPS) is 12.8. The van der Waals surface area contributed by atoms with Crippen LogP contribution >= 0.6 is 0 Å². The Labute approximate surface area is 185 Å². The number of carboxylic acid groups (broad SMARTS) is 1. The molecule has 4 rings (SSSR count). The molecule has 0 aliphatic heterocycles. The second-order valence-corrected chi connectivity index (χ2v) is 8.85. The quantitative estimate of drug-likeness (QED) is 0.458. The molecule has 6 nitrogen and oxygen atoms in total. The molecule has 1 atom stereocenters. The standard InChI is InChI=1S/C25H25FN4O2/c1-25(2,3)23(24(31)32)28-14-16-4-9-20-21(17-10-12-27-13-11-17)22(29-30(20)15-16)18-5-7-19(26)8-6-18/h4-13,15,23,28H,14H2,1-3H3,(H,31,32)/t23-/m1/s1. The van der Waals surface area contributed by atoms with Crippen LogP contribution in [0.25, 0.3) is 27.9 Å². The Bertz CT molecular complexity index is 1240. The van der Waals surface area contributed by atoms with Gasteiger partial charge in [-0.3, -0.25) is 15.1 Å². The summed E-state index contributed by atoms with van der Waals surface area (Å²) in [6, 6.07) is 13.4. The minimum absolute atomic E-state index is 0.303. The van der Waals surface area contributed by atoms with Crippen molar-refractivity contribution in [1.82, 2.24) is 19.9 Å². The van der Waals surface area contributed by atoms with Gasteiger partial charge in [-0.1, -0.05) is 26.8 Å². The summed E-state index contributed by atoms with van der Waals surface area (Å²) < 4.78 is 15.3. The molecular weight excluding hydrogens is 407 g/mol. The number of nitrogens with zero attached hydrogens (tertiary/aromatic N) is 3. The highest BCUT2D eigenvalue weighted by Crippen LogP contribution is 2.35. The number of benzene rings is 1. The smallest absolute Gasteiger partial charge is 0.321 e. The molecule has 32 heavy (non-hydrogen) atoms. The maximum atomic E-state index is 13.5. The summed E-state index contributed by atoms with van der Waals surface area (Å²) >= 11 is 0. The third-order valence-corrected chi connectivity index (χ3v) is 5.40. The van der Waals surface area contributed by atoms with Crippen LogP contribution in [0.2, 0.25) is 0 Å². The average Bonchev–Trinajstić information content (AvgIpc) is 3.12. The Morgan fingerprint density at radius 1 is 1.06 bits per heavy atom. The Morgan fingerprint density at radius 3 is 2.38 bits per heavy atom. The van der Waals surface area contributed by atoms with Gasteiger partial charge in [-0.2, -0.15) is 5.10 Å². The molecule has 0 spiro atoms. The topological polar surface area (TPSA) is 79.5 Å². The van der Waals surface area contributed by atoms with Gasteiger partial charge in [-0.15, -0.1) is 0 Å². The van der Waals surface area contributed by atoms with Crippen molar-refractivity contribution < 1.29 is 14.3 Å². The Morgan fingerprint density at radius 2 is 1.75 bits per heavy atom. The van der Waals surface area contributed by atoms with Gasteiger partial charge in [0.2, 0.25) is 0 Å². The molecule has 0 radical (unpaired) electrons. The lowest BCUT2D eigenvalue weighted by atomic mass is 9.86. The molecule has 1 aromatic carbocycles. The number of nitrogens with one attached hydrogen (secondary N) is 1. The Kier molecular flexibility index (Phi) is 5.76. The predicted molar refractivity (Wildman–Crippen MR) is 122 cm³/mol. The molecule has 0 saturated heterocycles. The van der Waals surface area contributed by atoms with Crippen molar-refractivity contribution in [1.29, 1.82) is 0 Å². The van der Waals surface area contributed by atoms with Gasteiger partial charge in [-0.25, -0.2) is 8.91 Å². The molecule has 164 valence electrons. The van der Waals surface area contributed by atoms with Crippen molar-refractivity contribution in [3.8, 4) is 22.4 Å². The first-order valence-electron chi connectivity index (χ1n) is 10.4. The lowest BCUT2D eigenvalue weighted by molar-refractivity contribution is -0.142. The number of fused-ring (bicyclic) bond motifs is 1. The second-order valence-electron chi connectivity index (χ2n) is 8.85. The summed E-state index contributed by atoms with van der Waals surface area (Å²) in [4.78, 5) is 15.8. The fraction of sp³-hybridized carbons (Fsp3) is 0.240. The first-order chi connectivity index (χ1) is 15.2. The minimum atomic E-state index is -0.878. The van der Waals surface area contributed by atoms with Gasteiger partial charge in [0.15, 0.2) is 0 Å². The summed E-state index contributed by atoms with van der Waals surface area (Å²) in [5.41, 5.74) is 4.80. The average molecular weight is 432 g/mol. The monoisotopic (exact) mass is 432 g/mol. The molecule has 0 bridgehead atoms. The van der Waals surface area contributed by atoms with Crippen molar-refractivity contribution in [2.75, 3.05) is 0 Å². The number of pyridine rings is 2. The van der Waals surface area contributed by atoms with Crippen LogP contribution in [-0.2, 0) is 11.3 Å². The zero-order valence-electron chi connectivity index (χ0n) is 18.2. The summed E-state index contributed by atoms with van der Waals surface area (Å²) in [5.74, 6) is -1.18. The van der Waals surface area contributed by atoms with Crippen LogP contribution in [0, 0.1) is 11.2 Å². The lowest BCUT2D eigenvalue weighted by Gasteiger charge is -2.28. The van der Waals surface area contributed by atoms with Gasteiger partial charge in [0.05, 0.1) is 5.52 Å². The summed E-state index contributed by atoms with van der Waals surface area (Å²) in [6.45, 7) is 6.07. The number of aromatic nitrogens is 3. The van der Waals surface area contributed by atoms with Crippen LogP contribution in [0.1, 0.15) is 26.3 Å². The van der Waals surface area contributed by atoms with E-state index in [1.807, 2.05) is 51.2 Å². The van der Waals surface area contributed by atoms with Crippen molar-refractivity contribution in [2.45, 2.75) is 33.4 Å². The van der Waals surface area contributed by atoms with E-state index in [0.29, 0.717) is 6.54 Å². The molecule has 3 heterocycles. The zero-order chi connectivity index (χ0) is 22.9. The van der Waals surface area contributed by atoms with Gasteiger partial charge in [0.25, 0.3) is 0 Å². The second kappa shape index (κ2) is 8.51. The molecule has 0 unspecified atom stereocenters. The van der Waals surface area contributed by atoms with Crippen LogP contribution < -0.4 is 5.32 Å². The van der Waals surface area contributed by atoms with E-state index in [9.17, 15) is 14.3 Å². The maximum Gasteiger partial charge on any atom is 0.321 e. The largest absolute Gasteiger partial charge is 0.480 e. The van der Waals surface area contributed by atoms with Gasteiger partial charge < -0.3 is 5.11 Å². The molecule has 4 aromatic rings. The molecule has 0 aliphatic carbocycles. The molecular formula is C25H25FN4O2. The summed E-state index contributed by atoms with van der Waals surface area (Å²) in [7, 11) is 0. The third-order valence-electron chi connectivity index (χ3n) is 5.40. The fourth-order valence-electron chi connectivity index (χ4n) is 3.79. The Hall–Kier alpha value is -3.58. The van der Waals surface area contributed by atoms with Crippen LogP contribution in [-0.4, -0.2) is 31.7 Å². The van der Waals surface area contributed by atoms with Crippen molar-refractivity contribution in [3.63, 3.8) is 0 Å². The van der Waals surface area contributed by atoms with E-state index >= 15 is 0 Å². The third kappa shape index (κ3) is 4.38. The molecule has 0 aliphatic rings. The SMILES string of the molecule is CC(C)(C)[C@H](NCc1ccc2c(-c3ccncc3)c(-c3ccc(F)cc3)nn2c1)C(=O)O. The lowest BCUT2D eigenvalue weighted by Crippen LogP contribution is -2.46. The molecule has 7 heteroatoms. The van der Waals surface area contributed by atoms with Crippen LogP contribution in [0.4, 0.5) is 4.39 Å². The number of rotatable bonds is 6.